The minimum Gasteiger partial charge on any atom is -0.334 e. The third-order valence-electron chi connectivity index (χ3n) is 5.58. The number of benzene rings is 3. The number of amides is 2. The van der Waals surface area contributed by atoms with Crippen molar-refractivity contribution in [2.24, 2.45) is 11.1 Å². The van der Waals surface area contributed by atoms with Gasteiger partial charge in [0.1, 0.15) is 0 Å². The Balaban J connectivity index is 1.74. The quantitative estimate of drug-likeness (QED) is 0.513. The van der Waals surface area contributed by atoms with Gasteiger partial charge < -0.3 is 16.0 Å². The van der Waals surface area contributed by atoms with E-state index >= 15 is 0 Å². The molecule has 7 heteroatoms. The zero-order valence-corrected chi connectivity index (χ0v) is 19.8. The van der Waals surface area contributed by atoms with Crippen LogP contribution in [0.5, 0.6) is 0 Å². The van der Waals surface area contributed by atoms with Gasteiger partial charge in [0.05, 0.1) is 23.3 Å². The van der Waals surface area contributed by atoms with Gasteiger partial charge >= 0.3 is 0 Å². The molecule has 0 saturated carbocycles. The van der Waals surface area contributed by atoms with Crippen LogP contribution in [0.25, 0.3) is 0 Å². The molecule has 2 amide bonds. The van der Waals surface area contributed by atoms with Crippen molar-refractivity contribution in [1.29, 1.82) is 10.5 Å². The lowest BCUT2D eigenvalue weighted by molar-refractivity contribution is 0.0673. The maximum Gasteiger partial charge on any atom is 0.255 e. The molecule has 0 heterocycles. The Labute approximate surface area is 205 Å². The highest BCUT2D eigenvalue weighted by Crippen LogP contribution is 2.21. The molecule has 0 saturated heterocycles. The van der Waals surface area contributed by atoms with Gasteiger partial charge in [-0.15, -0.1) is 0 Å². The van der Waals surface area contributed by atoms with Crippen molar-refractivity contribution < 1.29 is 9.59 Å². The van der Waals surface area contributed by atoms with Crippen molar-refractivity contribution in [2.75, 3.05) is 18.4 Å². The normalized spacial score (nSPS) is 10.7. The van der Waals surface area contributed by atoms with Crippen LogP contribution in [0.15, 0.2) is 72.8 Å². The number of nitriles is 2. The summed E-state index contributed by atoms with van der Waals surface area (Å²) in [4.78, 5) is 27.5. The predicted molar refractivity (Wildman–Crippen MR) is 134 cm³/mol. The number of rotatable bonds is 8. The minimum absolute atomic E-state index is 0.144. The van der Waals surface area contributed by atoms with E-state index < -0.39 is 0 Å². The van der Waals surface area contributed by atoms with Crippen LogP contribution in [0.2, 0.25) is 0 Å². The Hall–Kier alpha value is -4.46. The van der Waals surface area contributed by atoms with E-state index in [1.54, 1.807) is 65.6 Å². The fourth-order valence-corrected chi connectivity index (χ4v) is 3.46. The van der Waals surface area contributed by atoms with E-state index in [1.165, 1.54) is 0 Å². The van der Waals surface area contributed by atoms with Crippen LogP contribution in [0, 0.1) is 28.1 Å². The van der Waals surface area contributed by atoms with Gasteiger partial charge in [-0.05, 0) is 78.2 Å². The topological polar surface area (TPSA) is 123 Å². The molecule has 0 aliphatic carbocycles. The summed E-state index contributed by atoms with van der Waals surface area (Å²) < 4.78 is 0. The van der Waals surface area contributed by atoms with Gasteiger partial charge in [0.2, 0.25) is 0 Å². The van der Waals surface area contributed by atoms with Gasteiger partial charge in [-0.25, -0.2) is 0 Å². The zero-order valence-electron chi connectivity index (χ0n) is 19.8. The number of hydrogen-bond donors (Lipinski definition) is 2. The first kappa shape index (κ1) is 25.2. The van der Waals surface area contributed by atoms with Gasteiger partial charge in [0.15, 0.2) is 0 Å². The summed E-state index contributed by atoms with van der Waals surface area (Å²) in [5, 5.41) is 20.8. The smallest absolute Gasteiger partial charge is 0.255 e. The van der Waals surface area contributed by atoms with Crippen LogP contribution in [-0.4, -0.2) is 29.8 Å². The second kappa shape index (κ2) is 11.1. The van der Waals surface area contributed by atoms with E-state index in [1.807, 2.05) is 32.0 Å². The Kier molecular flexibility index (Phi) is 7.99. The highest BCUT2D eigenvalue weighted by molar-refractivity contribution is 6.04. The van der Waals surface area contributed by atoms with Crippen molar-refractivity contribution in [3.8, 4) is 12.1 Å². The molecule has 0 radical (unpaired) electrons. The molecule has 3 aromatic carbocycles. The first-order chi connectivity index (χ1) is 16.7. The molecule has 176 valence electrons. The molecule has 0 fully saturated rings. The highest BCUT2D eigenvalue weighted by Gasteiger charge is 2.25. The molecule has 0 unspecified atom stereocenters. The second-order valence-electron chi connectivity index (χ2n) is 9.06. The number of hydrogen-bond acceptors (Lipinski definition) is 5. The third kappa shape index (κ3) is 6.77. The lowest BCUT2D eigenvalue weighted by Gasteiger charge is -2.32. The number of nitrogens with two attached hydrogens (primary N) is 1. The van der Waals surface area contributed by atoms with Crippen molar-refractivity contribution in [1.82, 2.24) is 4.90 Å². The molecule has 0 aliphatic rings. The van der Waals surface area contributed by atoms with Crippen molar-refractivity contribution in [3.63, 3.8) is 0 Å². The standard InChI is InChI=1S/C28H27N5O2/c1-28(2,18-31)19-33(27(35)24-11-5-21(16-30)6-12-24)17-22-7-13-25(14-8-22)32-26(34)23-9-3-20(15-29)4-10-23/h3-14H,17-19,31H2,1-2H3,(H,32,34). The summed E-state index contributed by atoms with van der Waals surface area (Å²) in [6.07, 6.45) is 0. The van der Waals surface area contributed by atoms with Crippen LogP contribution in [-0.2, 0) is 6.54 Å². The summed E-state index contributed by atoms with van der Waals surface area (Å²) in [7, 11) is 0. The molecule has 3 N–H and O–H groups in total. The number of nitrogens with one attached hydrogen (secondary N) is 1. The van der Waals surface area contributed by atoms with Gasteiger partial charge in [0, 0.05) is 29.9 Å². The molecule has 0 spiro atoms. The summed E-state index contributed by atoms with van der Waals surface area (Å²) in [6.45, 7) is 5.26. The van der Waals surface area contributed by atoms with Gasteiger partial charge in [-0.2, -0.15) is 10.5 Å². The molecule has 7 nitrogen and oxygen atoms in total. The van der Waals surface area contributed by atoms with Gasteiger partial charge in [-0.3, -0.25) is 9.59 Å². The third-order valence-corrected chi connectivity index (χ3v) is 5.58. The van der Waals surface area contributed by atoms with Crippen LogP contribution in [0.4, 0.5) is 5.69 Å². The maximum absolute atomic E-state index is 13.3. The summed E-state index contributed by atoms with van der Waals surface area (Å²) in [5.74, 6) is -0.418. The van der Waals surface area contributed by atoms with E-state index in [4.69, 9.17) is 16.3 Å². The van der Waals surface area contributed by atoms with E-state index in [2.05, 4.69) is 11.4 Å². The van der Waals surface area contributed by atoms with E-state index in [9.17, 15) is 9.59 Å². The monoisotopic (exact) mass is 465 g/mol. The van der Waals surface area contributed by atoms with Gasteiger partial charge in [0.25, 0.3) is 11.8 Å². The van der Waals surface area contributed by atoms with Crippen LogP contribution in [0.3, 0.4) is 0 Å². The molecule has 0 atom stereocenters. The predicted octanol–water partition coefficient (Wildman–Crippen LogP) is 4.31. The van der Waals surface area contributed by atoms with E-state index in [-0.39, 0.29) is 17.2 Å². The Bertz CT molecular complexity index is 1270. The van der Waals surface area contributed by atoms with Crippen molar-refractivity contribution >= 4 is 17.5 Å². The fourth-order valence-electron chi connectivity index (χ4n) is 3.46. The van der Waals surface area contributed by atoms with E-state index in [0.717, 1.165) is 5.56 Å². The fraction of sp³-hybridized carbons (Fsp3) is 0.214. The number of carbonyl (C=O) groups excluding carboxylic acids is 2. The molecule has 0 bridgehead atoms. The van der Waals surface area contributed by atoms with Crippen molar-refractivity contribution in [2.45, 2.75) is 20.4 Å². The Morgan fingerprint density at radius 1 is 0.857 bits per heavy atom. The first-order valence-corrected chi connectivity index (χ1v) is 11.1. The average Bonchev–Trinajstić information content (AvgIpc) is 2.89. The molecule has 0 aliphatic heterocycles. The van der Waals surface area contributed by atoms with Crippen LogP contribution < -0.4 is 11.1 Å². The van der Waals surface area contributed by atoms with Crippen LogP contribution >= 0.6 is 0 Å². The van der Waals surface area contributed by atoms with Gasteiger partial charge in [-0.1, -0.05) is 26.0 Å². The first-order valence-electron chi connectivity index (χ1n) is 11.1. The minimum atomic E-state index is -0.280. The Morgan fingerprint density at radius 3 is 1.86 bits per heavy atom. The SMILES string of the molecule is CC(C)(CN)CN(Cc1ccc(NC(=O)c2ccc(C#N)cc2)cc1)C(=O)c1ccc(C#N)cc1. The molecule has 0 aromatic heterocycles. The average molecular weight is 466 g/mol. The summed E-state index contributed by atoms with van der Waals surface area (Å²) in [6, 6.07) is 24.4. The molecule has 3 rings (SSSR count). The highest BCUT2D eigenvalue weighted by atomic mass is 16.2. The van der Waals surface area contributed by atoms with E-state index in [0.29, 0.717) is 47.6 Å². The molecular formula is C28H27N5O2. The Morgan fingerprint density at radius 2 is 1.37 bits per heavy atom. The largest absolute Gasteiger partial charge is 0.334 e. The maximum atomic E-state index is 13.3. The lowest BCUT2D eigenvalue weighted by Crippen LogP contribution is -2.41. The lowest BCUT2D eigenvalue weighted by atomic mass is 9.92. The van der Waals surface area contributed by atoms with Crippen molar-refractivity contribution in [3.05, 3.63) is 101 Å². The molecule has 3 aromatic rings. The van der Waals surface area contributed by atoms with Crippen LogP contribution in [0.1, 0.15) is 51.3 Å². The zero-order chi connectivity index (χ0) is 25.4. The molecular weight excluding hydrogens is 438 g/mol. The summed E-state index contributed by atoms with van der Waals surface area (Å²) in [5.41, 5.74) is 9.11. The number of nitrogens with zero attached hydrogens (tertiary/aromatic N) is 3. The number of carbonyl (C=O) groups is 2. The second-order valence-corrected chi connectivity index (χ2v) is 9.06. The summed E-state index contributed by atoms with van der Waals surface area (Å²) >= 11 is 0. The molecule has 35 heavy (non-hydrogen) atoms. The number of anilines is 1.